The van der Waals surface area contributed by atoms with Gasteiger partial charge in [0.15, 0.2) is 12.1 Å². The summed E-state index contributed by atoms with van der Waals surface area (Å²) in [6, 6.07) is 0. The smallest absolute Gasteiger partial charge is 0.167 e. The van der Waals surface area contributed by atoms with Gasteiger partial charge < -0.3 is 19.3 Å². The van der Waals surface area contributed by atoms with Gasteiger partial charge >= 0.3 is 0 Å². The van der Waals surface area contributed by atoms with E-state index in [9.17, 15) is 9.90 Å². The summed E-state index contributed by atoms with van der Waals surface area (Å²) in [5.41, 5.74) is -1.16. The van der Waals surface area contributed by atoms with Crippen molar-refractivity contribution in [2.45, 2.75) is 89.8 Å². The first-order chi connectivity index (χ1) is 12.1. The predicted molar refractivity (Wildman–Crippen MR) is 96.6 cm³/mol. The summed E-state index contributed by atoms with van der Waals surface area (Å²) in [6.45, 7) is 9.19. The molecule has 2 saturated heterocycles. The van der Waals surface area contributed by atoms with Crippen LogP contribution in [0.15, 0.2) is 0 Å². The SMILES string of the molecule is CO[C@@H]1C[C@]2(CC[C@@]3(O2)[C@H](C)C(=O)[C@@H](O)[C@H]2C(C)(C)CCC[C@@]23C)CO1. The van der Waals surface area contributed by atoms with E-state index in [0.717, 1.165) is 38.5 Å². The maximum Gasteiger partial charge on any atom is 0.167 e. The zero-order chi connectivity index (χ0) is 19.0. The first kappa shape index (κ1) is 18.9. The van der Waals surface area contributed by atoms with Crippen LogP contribution in [0.1, 0.15) is 66.2 Å². The Morgan fingerprint density at radius 1 is 1.15 bits per heavy atom. The predicted octanol–water partition coefficient (Wildman–Crippen LogP) is 3.08. The van der Waals surface area contributed by atoms with Crippen LogP contribution in [0.5, 0.6) is 0 Å². The number of Topliss-reactive ketones (excluding diaryl/α,β-unsaturated/α-hetero) is 1. The topological polar surface area (TPSA) is 65.0 Å². The number of hydrogen-bond acceptors (Lipinski definition) is 5. The van der Waals surface area contributed by atoms with Gasteiger partial charge in [-0.2, -0.15) is 0 Å². The molecule has 0 aromatic rings. The Kier molecular flexibility index (Phi) is 4.17. The molecular formula is C21H34O5. The van der Waals surface area contributed by atoms with Crippen LogP contribution in [-0.4, -0.2) is 48.2 Å². The number of ketones is 1. The molecule has 4 fully saturated rings. The second kappa shape index (κ2) is 5.76. The van der Waals surface area contributed by atoms with E-state index in [0.29, 0.717) is 6.61 Å². The molecule has 7 atom stereocenters. The van der Waals surface area contributed by atoms with Gasteiger partial charge in [0, 0.05) is 30.8 Å². The number of carbonyl (C=O) groups is 1. The van der Waals surface area contributed by atoms with Crippen molar-refractivity contribution in [2.24, 2.45) is 22.7 Å². The van der Waals surface area contributed by atoms with Gasteiger partial charge in [0.25, 0.3) is 0 Å². The van der Waals surface area contributed by atoms with E-state index in [1.807, 2.05) is 6.92 Å². The lowest BCUT2D eigenvalue weighted by molar-refractivity contribution is -0.257. The summed E-state index contributed by atoms with van der Waals surface area (Å²) in [7, 11) is 1.67. The highest BCUT2D eigenvalue weighted by Crippen LogP contribution is 2.67. The van der Waals surface area contributed by atoms with Crippen molar-refractivity contribution in [1.29, 1.82) is 0 Å². The standard InChI is InChI=1S/C21H34O5/c1-13-15(22)16(23)17-18(2,3)7-6-8-19(17,4)21(13)10-9-20(26-21)11-14(24-5)25-12-20/h13-14,16-17,23H,6-12H2,1-5H3/t13-,14+,16-,17+,19+,20-,21-/m1/s1. The van der Waals surface area contributed by atoms with Gasteiger partial charge in [0.05, 0.1) is 17.8 Å². The fraction of sp³-hybridized carbons (Fsp3) is 0.952. The van der Waals surface area contributed by atoms with Gasteiger partial charge in [-0.15, -0.1) is 0 Å². The van der Waals surface area contributed by atoms with Crippen molar-refractivity contribution in [1.82, 2.24) is 0 Å². The number of carbonyl (C=O) groups excluding carboxylic acids is 1. The third-order valence-corrected chi connectivity index (χ3v) is 8.43. The lowest BCUT2D eigenvalue weighted by atomic mass is 9.43. The van der Waals surface area contributed by atoms with Crippen LogP contribution in [0.4, 0.5) is 0 Å². The number of fused-ring (bicyclic) bond motifs is 2. The van der Waals surface area contributed by atoms with Crippen LogP contribution in [0.3, 0.4) is 0 Å². The zero-order valence-electron chi connectivity index (χ0n) is 16.8. The number of methoxy groups -OCH3 is 1. The zero-order valence-corrected chi connectivity index (χ0v) is 16.8. The Hall–Kier alpha value is -0.490. The second-order valence-electron chi connectivity index (χ2n) is 10.2. The third kappa shape index (κ3) is 2.27. The Morgan fingerprint density at radius 2 is 1.88 bits per heavy atom. The molecule has 4 rings (SSSR count). The molecule has 2 heterocycles. The van der Waals surface area contributed by atoms with Crippen LogP contribution in [-0.2, 0) is 19.0 Å². The van der Waals surface area contributed by atoms with E-state index >= 15 is 0 Å². The molecule has 5 heteroatoms. The van der Waals surface area contributed by atoms with Crippen LogP contribution < -0.4 is 0 Å². The Balaban J connectivity index is 1.76. The molecule has 0 bridgehead atoms. The highest BCUT2D eigenvalue weighted by molar-refractivity contribution is 5.88. The lowest BCUT2D eigenvalue weighted by Crippen LogP contribution is -2.70. The van der Waals surface area contributed by atoms with Crippen molar-refractivity contribution in [3.63, 3.8) is 0 Å². The van der Waals surface area contributed by atoms with Crippen LogP contribution in [0.2, 0.25) is 0 Å². The molecule has 0 aromatic heterocycles. The van der Waals surface area contributed by atoms with E-state index in [2.05, 4.69) is 20.8 Å². The minimum absolute atomic E-state index is 0.0401. The number of hydrogen-bond donors (Lipinski definition) is 1. The molecule has 26 heavy (non-hydrogen) atoms. The Morgan fingerprint density at radius 3 is 2.54 bits per heavy atom. The van der Waals surface area contributed by atoms with Crippen molar-refractivity contribution < 1.29 is 24.1 Å². The number of aliphatic hydroxyl groups excluding tert-OH is 1. The van der Waals surface area contributed by atoms with Crippen LogP contribution in [0.25, 0.3) is 0 Å². The average molecular weight is 366 g/mol. The van der Waals surface area contributed by atoms with Gasteiger partial charge in [-0.05, 0) is 31.1 Å². The van der Waals surface area contributed by atoms with Crippen molar-refractivity contribution in [3.05, 3.63) is 0 Å². The normalized spacial score (nSPS) is 53.4. The maximum absolute atomic E-state index is 13.1. The van der Waals surface area contributed by atoms with Gasteiger partial charge in [-0.3, -0.25) is 4.79 Å². The molecule has 2 saturated carbocycles. The fourth-order valence-electron chi connectivity index (χ4n) is 7.15. The Labute approximate surface area is 156 Å². The van der Waals surface area contributed by atoms with Gasteiger partial charge in [-0.1, -0.05) is 34.1 Å². The molecule has 0 amide bonds. The van der Waals surface area contributed by atoms with Gasteiger partial charge in [-0.25, -0.2) is 0 Å². The fourth-order valence-corrected chi connectivity index (χ4v) is 7.15. The van der Waals surface area contributed by atoms with E-state index in [1.165, 1.54) is 0 Å². The lowest BCUT2D eigenvalue weighted by Gasteiger charge is -2.64. The highest BCUT2D eigenvalue weighted by atomic mass is 16.7. The minimum Gasteiger partial charge on any atom is -0.385 e. The average Bonchev–Trinajstić information content (AvgIpc) is 3.16. The van der Waals surface area contributed by atoms with Crippen molar-refractivity contribution >= 4 is 5.78 Å². The summed E-state index contributed by atoms with van der Waals surface area (Å²) >= 11 is 0. The molecule has 148 valence electrons. The molecular weight excluding hydrogens is 332 g/mol. The van der Waals surface area contributed by atoms with E-state index in [-0.39, 0.29) is 40.3 Å². The monoisotopic (exact) mass is 366 g/mol. The summed E-state index contributed by atoms with van der Waals surface area (Å²) in [6.07, 6.45) is 4.52. The summed E-state index contributed by atoms with van der Waals surface area (Å²) in [5, 5.41) is 11.0. The quantitative estimate of drug-likeness (QED) is 0.773. The van der Waals surface area contributed by atoms with Gasteiger partial charge in [0.2, 0.25) is 0 Å². The summed E-state index contributed by atoms with van der Waals surface area (Å²) < 4.78 is 18.1. The Bertz CT molecular complexity index is 603. The van der Waals surface area contributed by atoms with E-state index < -0.39 is 11.7 Å². The molecule has 4 aliphatic rings. The number of aliphatic hydroxyl groups is 1. The molecule has 2 aliphatic carbocycles. The first-order valence-corrected chi connectivity index (χ1v) is 10.2. The molecule has 0 aromatic carbocycles. The minimum atomic E-state index is -0.886. The van der Waals surface area contributed by atoms with Gasteiger partial charge in [0.1, 0.15) is 6.10 Å². The number of ether oxygens (including phenoxy) is 3. The number of rotatable bonds is 1. The molecule has 0 radical (unpaired) electrons. The summed E-state index contributed by atoms with van der Waals surface area (Å²) in [5.74, 6) is -0.404. The molecule has 1 N–H and O–H groups in total. The summed E-state index contributed by atoms with van der Waals surface area (Å²) in [4.78, 5) is 13.1. The van der Waals surface area contributed by atoms with E-state index in [1.54, 1.807) is 7.11 Å². The van der Waals surface area contributed by atoms with Crippen LogP contribution >= 0.6 is 0 Å². The largest absolute Gasteiger partial charge is 0.385 e. The van der Waals surface area contributed by atoms with E-state index in [4.69, 9.17) is 14.2 Å². The molecule has 5 nitrogen and oxygen atoms in total. The molecule has 2 spiro atoms. The van der Waals surface area contributed by atoms with Crippen molar-refractivity contribution in [3.8, 4) is 0 Å². The highest BCUT2D eigenvalue weighted by Gasteiger charge is 2.72. The van der Waals surface area contributed by atoms with Crippen LogP contribution in [0, 0.1) is 22.7 Å². The first-order valence-electron chi connectivity index (χ1n) is 10.2. The van der Waals surface area contributed by atoms with Crippen molar-refractivity contribution in [2.75, 3.05) is 13.7 Å². The molecule has 2 aliphatic heterocycles. The maximum atomic E-state index is 13.1. The second-order valence-corrected chi connectivity index (χ2v) is 10.2. The molecule has 0 unspecified atom stereocenters. The third-order valence-electron chi connectivity index (χ3n) is 8.43.